The largest absolute Gasteiger partial charge is 0.487 e. The number of fused-ring (bicyclic) bond motifs is 3. The van der Waals surface area contributed by atoms with E-state index in [0.717, 1.165) is 56.4 Å². The van der Waals surface area contributed by atoms with E-state index in [0.29, 0.717) is 23.8 Å². The van der Waals surface area contributed by atoms with E-state index in [-0.39, 0.29) is 29.1 Å². The van der Waals surface area contributed by atoms with Crippen molar-refractivity contribution in [3.63, 3.8) is 0 Å². The number of hydrogen-bond donors (Lipinski definition) is 2. The van der Waals surface area contributed by atoms with Crippen molar-refractivity contribution in [3.05, 3.63) is 70.3 Å². The highest BCUT2D eigenvalue weighted by Gasteiger charge is 2.48. The van der Waals surface area contributed by atoms with Crippen LogP contribution in [0.2, 0.25) is 5.02 Å². The maximum Gasteiger partial charge on any atom is 0.264 e. The highest BCUT2D eigenvalue weighted by atomic mass is 35.5. The Bertz CT molecular complexity index is 1360. The van der Waals surface area contributed by atoms with Gasteiger partial charge in [-0.2, -0.15) is 0 Å². The van der Waals surface area contributed by atoms with Gasteiger partial charge in [-0.1, -0.05) is 36.7 Å². The van der Waals surface area contributed by atoms with Gasteiger partial charge in [0.25, 0.3) is 5.91 Å². The molecule has 1 saturated carbocycles. The van der Waals surface area contributed by atoms with Gasteiger partial charge in [0.2, 0.25) is 10.0 Å². The van der Waals surface area contributed by atoms with Crippen molar-refractivity contribution in [2.45, 2.75) is 64.6 Å². The number of nitrogens with zero attached hydrogens (tertiary/aromatic N) is 1. The predicted octanol–water partition coefficient (Wildman–Crippen LogP) is 5.25. The standard InChI is InChI=1S/C30H37ClN2O5S/c1-30-14-13-24(30)19-33-15-5-4-7-21-17-25(31)11-9-23(21)20-38-27-12-10-22(18-26(27)33)29(35)32-39(36,37)16-6-2-3-8-28(30)34/h2-3,9-12,17-18,24,28,34H,4-8,13-16,19-20H2,1H3,(H,32,35)/b3-2-/t24-,28-,30-/m0/s1. The van der Waals surface area contributed by atoms with Gasteiger partial charge in [0.1, 0.15) is 12.4 Å². The fourth-order valence-corrected chi connectivity index (χ4v) is 7.12. The Labute approximate surface area is 236 Å². The fourth-order valence-electron chi connectivity index (χ4n) is 5.97. The number of hydrogen-bond acceptors (Lipinski definition) is 6. The van der Waals surface area contributed by atoms with Crippen LogP contribution >= 0.6 is 11.6 Å². The monoisotopic (exact) mass is 572 g/mol. The Hall–Kier alpha value is -2.55. The second-order valence-electron chi connectivity index (χ2n) is 11.3. The first-order valence-corrected chi connectivity index (χ1v) is 15.8. The van der Waals surface area contributed by atoms with Crippen molar-refractivity contribution in [2.24, 2.45) is 11.3 Å². The fraction of sp³-hybridized carbons (Fsp3) is 0.500. The van der Waals surface area contributed by atoms with E-state index in [4.69, 9.17) is 16.3 Å². The summed E-state index contributed by atoms with van der Waals surface area (Å²) in [5, 5.41) is 11.8. The van der Waals surface area contributed by atoms with Crippen LogP contribution < -0.4 is 14.4 Å². The summed E-state index contributed by atoms with van der Waals surface area (Å²) in [5.74, 6) is 0.0740. The van der Waals surface area contributed by atoms with E-state index in [1.54, 1.807) is 24.3 Å². The summed E-state index contributed by atoms with van der Waals surface area (Å²) in [4.78, 5) is 15.3. The first-order valence-electron chi connectivity index (χ1n) is 13.8. The first-order chi connectivity index (χ1) is 18.6. The molecule has 5 rings (SSSR count). The zero-order valence-electron chi connectivity index (χ0n) is 22.4. The Morgan fingerprint density at radius 1 is 1.13 bits per heavy atom. The van der Waals surface area contributed by atoms with Crippen LogP contribution in [-0.4, -0.2) is 44.4 Å². The lowest BCUT2D eigenvalue weighted by molar-refractivity contribution is -0.0694. The number of carbonyl (C=O) groups is 1. The number of ether oxygens (including phenoxy) is 1. The number of sulfonamides is 1. The van der Waals surface area contributed by atoms with Gasteiger partial charge in [-0.05, 0) is 97.7 Å². The van der Waals surface area contributed by atoms with Crippen LogP contribution in [0.25, 0.3) is 0 Å². The molecule has 0 spiro atoms. The highest BCUT2D eigenvalue weighted by molar-refractivity contribution is 7.90. The van der Waals surface area contributed by atoms with Crippen molar-refractivity contribution in [3.8, 4) is 5.75 Å². The molecule has 1 aliphatic carbocycles. The molecule has 2 aromatic rings. The number of aliphatic hydroxyl groups excluding tert-OH is 1. The minimum Gasteiger partial charge on any atom is -0.487 e. The number of benzene rings is 2. The van der Waals surface area contributed by atoms with Gasteiger partial charge >= 0.3 is 0 Å². The minimum absolute atomic E-state index is 0.200. The molecule has 39 heavy (non-hydrogen) atoms. The SMILES string of the molecule is C[C@]12CC[C@H]1CN1CCCCc3cc(Cl)ccc3COc3ccc(cc31)C(=O)NS(=O)(=O)CC/C=C\C[C@@H]2O. The highest BCUT2D eigenvalue weighted by Crippen LogP contribution is 2.51. The second-order valence-corrected chi connectivity index (χ2v) is 13.6. The van der Waals surface area contributed by atoms with E-state index in [2.05, 4.69) is 16.5 Å². The lowest BCUT2D eigenvalue weighted by Gasteiger charge is -2.52. The van der Waals surface area contributed by atoms with Crippen molar-refractivity contribution in [1.82, 2.24) is 4.72 Å². The van der Waals surface area contributed by atoms with E-state index in [9.17, 15) is 18.3 Å². The molecule has 1 amide bonds. The molecular formula is C30H37ClN2O5S. The molecule has 3 atom stereocenters. The van der Waals surface area contributed by atoms with Crippen molar-refractivity contribution < 1.29 is 23.1 Å². The number of halogens is 1. The maximum atomic E-state index is 13.0. The number of nitrogens with one attached hydrogen (secondary N) is 1. The summed E-state index contributed by atoms with van der Waals surface area (Å²) in [6.45, 7) is 3.98. The van der Waals surface area contributed by atoms with Crippen molar-refractivity contribution in [1.29, 1.82) is 0 Å². The second kappa shape index (κ2) is 11.5. The average Bonchev–Trinajstić information content (AvgIpc) is 2.92. The Balaban J connectivity index is 1.54. The van der Waals surface area contributed by atoms with E-state index < -0.39 is 22.0 Å². The number of rotatable bonds is 0. The molecule has 2 heterocycles. The van der Waals surface area contributed by atoms with Gasteiger partial charge in [0.15, 0.2) is 0 Å². The zero-order valence-corrected chi connectivity index (χ0v) is 23.9. The summed E-state index contributed by atoms with van der Waals surface area (Å²) >= 11 is 6.29. The molecule has 7 nitrogen and oxygen atoms in total. The Kier molecular flexibility index (Phi) is 8.26. The topological polar surface area (TPSA) is 95.9 Å². The lowest BCUT2D eigenvalue weighted by atomic mass is 9.57. The summed E-state index contributed by atoms with van der Waals surface area (Å²) in [6, 6.07) is 11.0. The third-order valence-corrected chi connectivity index (χ3v) is 10.2. The van der Waals surface area contributed by atoms with Gasteiger partial charge in [-0.15, -0.1) is 0 Å². The van der Waals surface area contributed by atoms with Crippen LogP contribution in [0, 0.1) is 11.3 Å². The zero-order chi connectivity index (χ0) is 27.6. The van der Waals surface area contributed by atoms with E-state index >= 15 is 0 Å². The molecule has 9 heteroatoms. The molecule has 3 aliphatic rings. The maximum absolute atomic E-state index is 13.0. The third kappa shape index (κ3) is 6.28. The normalized spacial score (nSPS) is 28.4. The number of anilines is 1. The van der Waals surface area contributed by atoms with Crippen LogP contribution in [-0.2, 0) is 23.1 Å². The number of carbonyl (C=O) groups excluding carboxylic acids is 1. The molecule has 0 unspecified atom stereocenters. The third-order valence-electron chi connectivity index (χ3n) is 8.73. The van der Waals surface area contributed by atoms with Crippen molar-refractivity contribution in [2.75, 3.05) is 23.7 Å². The van der Waals surface area contributed by atoms with Gasteiger partial charge in [0.05, 0.1) is 17.5 Å². The van der Waals surface area contributed by atoms with Crippen LogP contribution in [0.3, 0.4) is 0 Å². The summed E-state index contributed by atoms with van der Waals surface area (Å²) in [5.41, 5.74) is 3.05. The summed E-state index contributed by atoms with van der Waals surface area (Å²) in [7, 11) is -3.81. The quantitative estimate of drug-likeness (QED) is 0.419. The number of aryl methyl sites for hydroxylation is 1. The van der Waals surface area contributed by atoms with Gasteiger partial charge in [-0.3, -0.25) is 4.79 Å². The lowest BCUT2D eigenvalue weighted by Crippen LogP contribution is -2.51. The average molecular weight is 573 g/mol. The molecule has 2 aromatic carbocycles. The molecule has 2 bridgehead atoms. The van der Waals surface area contributed by atoms with Crippen LogP contribution in [0.15, 0.2) is 48.6 Å². The molecule has 0 saturated heterocycles. The van der Waals surface area contributed by atoms with Gasteiger partial charge in [0, 0.05) is 23.7 Å². The summed E-state index contributed by atoms with van der Waals surface area (Å²) < 4.78 is 33.8. The minimum atomic E-state index is -3.81. The molecule has 0 aromatic heterocycles. The molecular weight excluding hydrogens is 536 g/mol. The van der Waals surface area contributed by atoms with Crippen LogP contribution in [0.1, 0.15) is 66.9 Å². The van der Waals surface area contributed by atoms with Crippen LogP contribution in [0.5, 0.6) is 5.75 Å². The molecule has 2 aliphatic heterocycles. The number of amides is 1. The molecule has 0 radical (unpaired) electrons. The molecule has 1 fully saturated rings. The number of aliphatic hydroxyl groups is 1. The van der Waals surface area contributed by atoms with Gasteiger partial charge < -0.3 is 14.7 Å². The Morgan fingerprint density at radius 2 is 1.97 bits per heavy atom. The molecule has 210 valence electrons. The smallest absolute Gasteiger partial charge is 0.264 e. The Morgan fingerprint density at radius 3 is 2.77 bits per heavy atom. The first kappa shape index (κ1) is 28.0. The molecule has 2 N–H and O–H groups in total. The van der Waals surface area contributed by atoms with E-state index in [1.165, 1.54) is 5.56 Å². The van der Waals surface area contributed by atoms with E-state index in [1.807, 2.05) is 24.3 Å². The summed E-state index contributed by atoms with van der Waals surface area (Å²) in [6.07, 6.45) is 8.61. The van der Waals surface area contributed by atoms with Crippen LogP contribution in [0.4, 0.5) is 5.69 Å². The predicted molar refractivity (Wildman–Crippen MR) is 154 cm³/mol. The van der Waals surface area contributed by atoms with Gasteiger partial charge in [-0.25, -0.2) is 13.1 Å². The van der Waals surface area contributed by atoms with Crippen molar-refractivity contribution >= 4 is 33.2 Å². The number of allylic oxidation sites excluding steroid dienone is 1.